The van der Waals surface area contributed by atoms with Crippen molar-refractivity contribution in [3.8, 4) is 0 Å². The van der Waals surface area contributed by atoms with Crippen molar-refractivity contribution in [2.24, 2.45) is 0 Å². The molecule has 8 heteroatoms. The quantitative estimate of drug-likeness (QED) is 0.679. The molecule has 3 aromatic rings. The number of thioether (sulfide) groups is 1. The van der Waals surface area contributed by atoms with Gasteiger partial charge in [0.2, 0.25) is 5.91 Å². The number of nitrogens with one attached hydrogen (secondary N) is 1. The first-order valence-corrected chi connectivity index (χ1v) is 8.95. The molecule has 1 aromatic carbocycles. The van der Waals surface area contributed by atoms with Crippen molar-refractivity contribution < 1.29 is 4.79 Å². The van der Waals surface area contributed by atoms with E-state index in [0.717, 1.165) is 11.2 Å². The highest BCUT2D eigenvalue weighted by molar-refractivity contribution is 7.99. The van der Waals surface area contributed by atoms with Crippen molar-refractivity contribution in [3.05, 3.63) is 58.2 Å². The Labute approximate surface area is 153 Å². The summed E-state index contributed by atoms with van der Waals surface area (Å²) in [5.41, 5.74) is 1.65. The van der Waals surface area contributed by atoms with E-state index in [1.54, 1.807) is 12.1 Å². The fourth-order valence-electron chi connectivity index (χ4n) is 2.20. The maximum Gasteiger partial charge on any atom is 0.230 e. The second-order valence-electron chi connectivity index (χ2n) is 5.16. The van der Waals surface area contributed by atoms with Gasteiger partial charge in [0.1, 0.15) is 0 Å². The molecule has 1 N–H and O–H groups in total. The van der Waals surface area contributed by atoms with Crippen LogP contribution in [0.5, 0.6) is 0 Å². The molecular weight excluding hydrogens is 367 g/mol. The van der Waals surface area contributed by atoms with Crippen molar-refractivity contribution in [1.29, 1.82) is 0 Å². The van der Waals surface area contributed by atoms with E-state index in [4.69, 9.17) is 23.2 Å². The summed E-state index contributed by atoms with van der Waals surface area (Å²) < 4.78 is 1.85. The Hall–Kier alpha value is -1.76. The zero-order valence-corrected chi connectivity index (χ0v) is 15.1. The topological polar surface area (TPSA) is 59.3 Å². The van der Waals surface area contributed by atoms with Crippen molar-refractivity contribution in [1.82, 2.24) is 19.9 Å². The maximum absolute atomic E-state index is 12.2. The van der Waals surface area contributed by atoms with E-state index in [1.165, 1.54) is 11.8 Å². The van der Waals surface area contributed by atoms with E-state index in [9.17, 15) is 4.79 Å². The molecule has 0 aliphatic heterocycles. The summed E-state index contributed by atoms with van der Waals surface area (Å²) in [6.45, 7) is 1.90. The minimum Gasteiger partial charge on any atom is -0.349 e. The highest BCUT2D eigenvalue weighted by Gasteiger charge is 2.13. The highest BCUT2D eigenvalue weighted by atomic mass is 35.5. The van der Waals surface area contributed by atoms with Crippen LogP contribution in [-0.2, 0) is 4.79 Å². The average molecular weight is 381 g/mol. The van der Waals surface area contributed by atoms with E-state index in [2.05, 4.69) is 15.5 Å². The lowest BCUT2D eigenvalue weighted by molar-refractivity contribution is -0.119. The standard InChI is InChI=1S/C16H14Cl2N4OS/c1-10(11-5-6-12(17)13(18)8-11)19-15(23)9-24-16-21-20-14-4-2-3-7-22(14)16/h2-8,10H,9H2,1H3,(H,19,23)/t10-/m1/s1. The zero-order valence-electron chi connectivity index (χ0n) is 12.7. The number of fused-ring (bicyclic) bond motifs is 1. The van der Waals surface area contributed by atoms with E-state index < -0.39 is 0 Å². The molecule has 5 nitrogen and oxygen atoms in total. The van der Waals surface area contributed by atoms with Crippen LogP contribution in [0.15, 0.2) is 47.8 Å². The number of aromatic nitrogens is 3. The molecule has 0 saturated carbocycles. The molecule has 0 spiro atoms. The normalized spacial score (nSPS) is 12.3. The molecule has 0 unspecified atom stereocenters. The lowest BCUT2D eigenvalue weighted by atomic mass is 10.1. The summed E-state index contributed by atoms with van der Waals surface area (Å²) in [7, 11) is 0. The van der Waals surface area contributed by atoms with Crippen LogP contribution in [0, 0.1) is 0 Å². The predicted octanol–water partition coefficient (Wildman–Crippen LogP) is 4.01. The van der Waals surface area contributed by atoms with Gasteiger partial charge in [0.05, 0.1) is 21.8 Å². The van der Waals surface area contributed by atoms with Crippen LogP contribution in [0.3, 0.4) is 0 Å². The molecule has 0 saturated heterocycles. The second kappa shape index (κ2) is 7.42. The Balaban J connectivity index is 1.60. The van der Waals surface area contributed by atoms with E-state index in [0.29, 0.717) is 15.2 Å². The summed E-state index contributed by atoms with van der Waals surface area (Å²) in [4.78, 5) is 12.2. The molecule has 2 aromatic heterocycles. The van der Waals surface area contributed by atoms with Gasteiger partial charge in [0, 0.05) is 6.20 Å². The van der Waals surface area contributed by atoms with Crippen LogP contribution in [0.1, 0.15) is 18.5 Å². The molecule has 0 fully saturated rings. The first kappa shape index (κ1) is 17.1. The van der Waals surface area contributed by atoms with Gasteiger partial charge in [0.25, 0.3) is 0 Å². The summed E-state index contributed by atoms with van der Waals surface area (Å²) in [6.07, 6.45) is 1.87. The second-order valence-corrected chi connectivity index (χ2v) is 6.92. The monoisotopic (exact) mass is 380 g/mol. The van der Waals surface area contributed by atoms with Gasteiger partial charge in [0.15, 0.2) is 10.8 Å². The molecule has 1 atom stereocenters. The van der Waals surface area contributed by atoms with Gasteiger partial charge in [-0.2, -0.15) is 0 Å². The molecule has 0 aliphatic rings. The largest absolute Gasteiger partial charge is 0.349 e. The van der Waals surface area contributed by atoms with Gasteiger partial charge < -0.3 is 5.32 Å². The van der Waals surface area contributed by atoms with Crippen LogP contribution >= 0.6 is 35.0 Å². The molecule has 0 aliphatic carbocycles. The number of hydrogen-bond acceptors (Lipinski definition) is 4. The minimum absolute atomic E-state index is 0.0914. The first-order chi connectivity index (χ1) is 11.5. The zero-order chi connectivity index (χ0) is 17.1. The number of benzene rings is 1. The molecule has 0 bridgehead atoms. The van der Waals surface area contributed by atoms with Crippen LogP contribution in [-0.4, -0.2) is 26.3 Å². The Morgan fingerprint density at radius 2 is 2.08 bits per heavy atom. The Morgan fingerprint density at radius 3 is 2.88 bits per heavy atom. The first-order valence-electron chi connectivity index (χ1n) is 7.21. The number of nitrogens with zero attached hydrogens (tertiary/aromatic N) is 3. The van der Waals surface area contributed by atoms with Crippen molar-refractivity contribution in [3.63, 3.8) is 0 Å². The Kier molecular flexibility index (Phi) is 5.28. The van der Waals surface area contributed by atoms with Crippen molar-refractivity contribution in [2.75, 3.05) is 5.75 Å². The number of hydrogen-bond donors (Lipinski definition) is 1. The van der Waals surface area contributed by atoms with E-state index in [-0.39, 0.29) is 17.7 Å². The molecule has 2 heterocycles. The number of carbonyl (C=O) groups is 1. The van der Waals surface area contributed by atoms with Gasteiger partial charge in [-0.25, -0.2) is 0 Å². The van der Waals surface area contributed by atoms with Crippen molar-refractivity contribution in [2.45, 2.75) is 18.1 Å². The summed E-state index contributed by atoms with van der Waals surface area (Å²) in [6, 6.07) is 10.8. The van der Waals surface area contributed by atoms with E-state index in [1.807, 2.05) is 41.8 Å². The summed E-state index contributed by atoms with van der Waals surface area (Å²) >= 11 is 13.3. The van der Waals surface area contributed by atoms with Gasteiger partial charge in [-0.3, -0.25) is 9.20 Å². The predicted molar refractivity (Wildman–Crippen MR) is 96.7 cm³/mol. The number of halogens is 2. The maximum atomic E-state index is 12.2. The average Bonchev–Trinajstić information content (AvgIpc) is 2.98. The SMILES string of the molecule is C[C@@H](NC(=O)CSc1nnc2ccccn12)c1ccc(Cl)c(Cl)c1. The van der Waals surface area contributed by atoms with Gasteiger partial charge in [-0.1, -0.05) is 47.1 Å². The number of rotatable bonds is 5. The molecule has 1 amide bonds. The number of pyridine rings is 1. The number of amides is 1. The fraction of sp³-hybridized carbons (Fsp3) is 0.188. The van der Waals surface area contributed by atoms with Crippen LogP contribution in [0.25, 0.3) is 5.65 Å². The van der Waals surface area contributed by atoms with Gasteiger partial charge in [-0.05, 0) is 36.8 Å². The smallest absolute Gasteiger partial charge is 0.230 e. The van der Waals surface area contributed by atoms with Crippen molar-refractivity contribution >= 4 is 46.5 Å². The summed E-state index contributed by atoms with van der Waals surface area (Å²) in [5, 5.41) is 12.7. The minimum atomic E-state index is -0.164. The lowest BCUT2D eigenvalue weighted by Crippen LogP contribution is -2.28. The molecule has 0 radical (unpaired) electrons. The van der Waals surface area contributed by atoms with Crippen LogP contribution in [0.4, 0.5) is 0 Å². The number of carbonyl (C=O) groups excluding carboxylic acids is 1. The molecular formula is C16H14Cl2N4OS. The molecule has 3 rings (SSSR count). The molecule has 24 heavy (non-hydrogen) atoms. The fourth-order valence-corrected chi connectivity index (χ4v) is 3.24. The van der Waals surface area contributed by atoms with Gasteiger partial charge in [-0.15, -0.1) is 10.2 Å². The highest BCUT2D eigenvalue weighted by Crippen LogP contribution is 2.25. The molecule has 124 valence electrons. The third-order valence-electron chi connectivity index (χ3n) is 3.44. The van der Waals surface area contributed by atoms with Crippen LogP contribution in [0.2, 0.25) is 10.0 Å². The Morgan fingerprint density at radius 1 is 1.25 bits per heavy atom. The van der Waals surface area contributed by atoms with Crippen LogP contribution < -0.4 is 5.32 Å². The third kappa shape index (κ3) is 3.83. The van der Waals surface area contributed by atoms with Gasteiger partial charge >= 0.3 is 0 Å². The Bertz CT molecular complexity index is 883. The van der Waals surface area contributed by atoms with E-state index >= 15 is 0 Å². The third-order valence-corrected chi connectivity index (χ3v) is 5.12. The summed E-state index contributed by atoms with van der Waals surface area (Å²) in [5.74, 6) is 0.160. The lowest BCUT2D eigenvalue weighted by Gasteiger charge is -2.14.